The van der Waals surface area contributed by atoms with Crippen LogP contribution in [0.1, 0.15) is 49.7 Å². The summed E-state index contributed by atoms with van der Waals surface area (Å²) in [5, 5.41) is 2.97. The Morgan fingerprint density at radius 2 is 1.86 bits per heavy atom. The van der Waals surface area contributed by atoms with E-state index in [-0.39, 0.29) is 11.9 Å². The number of benzene rings is 1. The number of carbonyl (C=O) groups excluding carboxylic acids is 1. The summed E-state index contributed by atoms with van der Waals surface area (Å²) in [6.07, 6.45) is 8.27. The molecule has 2 aliphatic rings. The van der Waals surface area contributed by atoms with Gasteiger partial charge in [0.2, 0.25) is 11.9 Å². The molecule has 0 unspecified atom stereocenters. The van der Waals surface area contributed by atoms with Gasteiger partial charge in [-0.05, 0) is 31.4 Å². The van der Waals surface area contributed by atoms with Crippen molar-refractivity contribution in [1.82, 2.24) is 19.8 Å². The number of carbonyl (C=O) groups is 1. The third kappa shape index (κ3) is 4.27. The quantitative estimate of drug-likeness (QED) is 0.864. The Bertz CT molecular complexity index is 810. The molecule has 6 nitrogen and oxygen atoms in total. The molecule has 29 heavy (non-hydrogen) atoms. The van der Waals surface area contributed by atoms with E-state index < -0.39 is 0 Å². The highest BCUT2D eigenvalue weighted by Crippen LogP contribution is 2.39. The molecule has 6 heteroatoms. The molecule has 0 saturated carbocycles. The maximum absolute atomic E-state index is 12.6. The zero-order valence-electron chi connectivity index (χ0n) is 17.4. The summed E-state index contributed by atoms with van der Waals surface area (Å²) in [5.41, 5.74) is 2.48. The third-order valence-corrected chi connectivity index (χ3v) is 6.46. The van der Waals surface area contributed by atoms with Gasteiger partial charge in [0.15, 0.2) is 0 Å². The molecular formula is C23H31N5O. The average molecular weight is 394 g/mol. The molecule has 3 heterocycles. The lowest BCUT2D eigenvalue weighted by Gasteiger charge is -2.49. The minimum Gasteiger partial charge on any atom is -0.357 e. The van der Waals surface area contributed by atoms with Crippen molar-refractivity contribution < 1.29 is 4.79 Å². The first-order chi connectivity index (χ1) is 14.2. The Balaban J connectivity index is 1.63. The predicted molar refractivity (Wildman–Crippen MR) is 115 cm³/mol. The van der Waals surface area contributed by atoms with Crippen molar-refractivity contribution in [3.63, 3.8) is 0 Å². The van der Waals surface area contributed by atoms with Gasteiger partial charge in [-0.2, -0.15) is 0 Å². The highest BCUT2D eigenvalue weighted by molar-refractivity contribution is 5.74. The number of likely N-dealkylation sites (tertiary alicyclic amines) is 2. The van der Waals surface area contributed by atoms with Crippen molar-refractivity contribution in [2.75, 3.05) is 25.5 Å². The average Bonchev–Trinajstić information content (AvgIpc) is 2.99. The molecule has 1 aromatic carbocycles. The van der Waals surface area contributed by atoms with Gasteiger partial charge in [-0.3, -0.25) is 9.69 Å². The van der Waals surface area contributed by atoms with Crippen LogP contribution in [0.2, 0.25) is 0 Å². The predicted octanol–water partition coefficient (Wildman–Crippen LogP) is 3.28. The van der Waals surface area contributed by atoms with Crippen LogP contribution in [0.15, 0.2) is 42.7 Å². The van der Waals surface area contributed by atoms with E-state index in [1.165, 1.54) is 5.56 Å². The van der Waals surface area contributed by atoms with E-state index in [1.807, 2.05) is 19.4 Å². The minimum absolute atomic E-state index is 0.200. The summed E-state index contributed by atoms with van der Waals surface area (Å²) in [6, 6.07) is 11.3. The summed E-state index contributed by atoms with van der Waals surface area (Å²) >= 11 is 0. The molecule has 2 aliphatic heterocycles. The van der Waals surface area contributed by atoms with Gasteiger partial charge in [0.05, 0.1) is 6.04 Å². The topological polar surface area (TPSA) is 61.4 Å². The largest absolute Gasteiger partial charge is 0.357 e. The normalized spacial score (nSPS) is 25.2. The number of nitrogens with zero attached hydrogens (tertiary/aromatic N) is 4. The number of amides is 1. The molecule has 1 aromatic heterocycles. The van der Waals surface area contributed by atoms with Crippen molar-refractivity contribution in [3.8, 4) is 0 Å². The fraction of sp³-hybridized carbons (Fsp3) is 0.522. The molecule has 2 fully saturated rings. The number of rotatable bonds is 4. The van der Waals surface area contributed by atoms with Gasteiger partial charge in [-0.25, -0.2) is 9.97 Å². The number of piperidine rings is 1. The zero-order valence-corrected chi connectivity index (χ0v) is 17.4. The molecule has 0 aliphatic carbocycles. The van der Waals surface area contributed by atoms with Crippen molar-refractivity contribution >= 4 is 11.9 Å². The third-order valence-electron chi connectivity index (χ3n) is 6.46. The van der Waals surface area contributed by atoms with Gasteiger partial charge >= 0.3 is 0 Å². The number of hydrogen-bond acceptors (Lipinski definition) is 5. The molecule has 2 saturated heterocycles. The smallest absolute Gasteiger partial charge is 0.222 e. The number of aromatic nitrogens is 2. The van der Waals surface area contributed by atoms with Crippen LogP contribution < -0.4 is 5.32 Å². The van der Waals surface area contributed by atoms with E-state index in [0.717, 1.165) is 50.9 Å². The van der Waals surface area contributed by atoms with Crippen molar-refractivity contribution in [3.05, 3.63) is 53.9 Å². The number of anilines is 1. The molecule has 2 aromatic rings. The minimum atomic E-state index is 0.200. The van der Waals surface area contributed by atoms with Crippen LogP contribution in [0.4, 0.5) is 5.95 Å². The summed E-state index contributed by atoms with van der Waals surface area (Å²) in [6.45, 7) is 4.46. The van der Waals surface area contributed by atoms with Gasteiger partial charge in [0, 0.05) is 57.0 Å². The fourth-order valence-electron chi connectivity index (χ4n) is 5.12. The summed E-state index contributed by atoms with van der Waals surface area (Å²) in [5.74, 6) is 1.24. The zero-order chi connectivity index (χ0) is 20.2. The summed E-state index contributed by atoms with van der Waals surface area (Å²) in [7, 11) is 1.83. The standard InChI is InChI=1S/C23H31N5O/c1-17(29)28-12-7-6-10-21-22(28)20(19-8-4-3-5-9-19)11-13-27(21)16-18-14-25-23(24-2)26-15-18/h3-5,8-9,14-15,20-22H,6-7,10-13,16H2,1-2H3,(H,24,25,26)/t20-,21-,22-/m1/s1. The van der Waals surface area contributed by atoms with Gasteiger partial charge < -0.3 is 10.2 Å². The molecule has 0 spiro atoms. The van der Waals surface area contributed by atoms with Crippen molar-refractivity contribution in [1.29, 1.82) is 0 Å². The Labute approximate surface area is 173 Å². The maximum atomic E-state index is 12.6. The maximum Gasteiger partial charge on any atom is 0.222 e. The van der Waals surface area contributed by atoms with Gasteiger partial charge in [-0.15, -0.1) is 0 Å². The highest BCUT2D eigenvalue weighted by Gasteiger charge is 2.43. The molecular weight excluding hydrogens is 362 g/mol. The first-order valence-electron chi connectivity index (χ1n) is 10.7. The van der Waals surface area contributed by atoms with Gasteiger partial charge in [0.25, 0.3) is 0 Å². The summed E-state index contributed by atoms with van der Waals surface area (Å²) in [4.78, 5) is 26.1. The summed E-state index contributed by atoms with van der Waals surface area (Å²) < 4.78 is 0. The number of nitrogens with one attached hydrogen (secondary N) is 1. The Hall–Kier alpha value is -2.47. The van der Waals surface area contributed by atoms with E-state index in [0.29, 0.717) is 17.9 Å². The Morgan fingerprint density at radius 3 is 2.55 bits per heavy atom. The van der Waals surface area contributed by atoms with E-state index >= 15 is 0 Å². The van der Waals surface area contributed by atoms with Crippen LogP contribution in [0.5, 0.6) is 0 Å². The van der Waals surface area contributed by atoms with Crippen LogP contribution in [0.25, 0.3) is 0 Å². The van der Waals surface area contributed by atoms with Gasteiger partial charge in [0.1, 0.15) is 0 Å². The first-order valence-corrected chi connectivity index (χ1v) is 10.7. The Kier molecular flexibility index (Phi) is 6.09. The van der Waals surface area contributed by atoms with Crippen molar-refractivity contribution in [2.24, 2.45) is 0 Å². The highest BCUT2D eigenvalue weighted by atomic mass is 16.2. The second-order valence-electron chi connectivity index (χ2n) is 8.21. The fourth-order valence-corrected chi connectivity index (χ4v) is 5.12. The van der Waals surface area contributed by atoms with Crippen molar-refractivity contribution in [2.45, 2.75) is 57.2 Å². The van der Waals surface area contributed by atoms with Crippen LogP contribution in [0, 0.1) is 0 Å². The lowest BCUT2D eigenvalue weighted by atomic mass is 9.78. The molecule has 154 valence electrons. The van der Waals surface area contributed by atoms with Crippen LogP contribution >= 0.6 is 0 Å². The molecule has 0 bridgehead atoms. The molecule has 0 radical (unpaired) electrons. The van der Waals surface area contributed by atoms with E-state index in [2.05, 4.69) is 55.4 Å². The van der Waals surface area contributed by atoms with E-state index in [4.69, 9.17) is 0 Å². The van der Waals surface area contributed by atoms with Crippen LogP contribution in [0.3, 0.4) is 0 Å². The van der Waals surface area contributed by atoms with E-state index in [9.17, 15) is 4.79 Å². The lowest BCUT2D eigenvalue weighted by Crippen LogP contribution is -2.58. The molecule has 3 atom stereocenters. The lowest BCUT2D eigenvalue weighted by molar-refractivity contribution is -0.134. The van der Waals surface area contributed by atoms with Gasteiger partial charge in [-0.1, -0.05) is 36.8 Å². The monoisotopic (exact) mass is 393 g/mol. The molecule has 1 N–H and O–H groups in total. The number of hydrogen-bond donors (Lipinski definition) is 1. The van der Waals surface area contributed by atoms with Crippen LogP contribution in [-0.2, 0) is 11.3 Å². The molecule has 4 rings (SSSR count). The Morgan fingerprint density at radius 1 is 1.10 bits per heavy atom. The molecule has 1 amide bonds. The SMILES string of the molecule is CNc1ncc(CN2CC[C@H](c3ccccc3)[C@@H]3[C@H]2CCCCN3C(C)=O)cn1. The first kappa shape index (κ1) is 19.8. The second-order valence-corrected chi connectivity index (χ2v) is 8.21. The van der Waals surface area contributed by atoms with Crippen LogP contribution in [-0.4, -0.2) is 57.9 Å². The second kappa shape index (κ2) is 8.91. The number of fused-ring (bicyclic) bond motifs is 1. The van der Waals surface area contributed by atoms with E-state index in [1.54, 1.807) is 6.92 Å².